The summed E-state index contributed by atoms with van der Waals surface area (Å²) < 4.78 is 19.2. The molecule has 1 aliphatic rings. The number of rotatable bonds is 4. The largest absolute Gasteiger partial charge is 0.481 e. The average molecular weight is 403 g/mol. The van der Waals surface area contributed by atoms with Gasteiger partial charge in [0.15, 0.2) is 0 Å². The van der Waals surface area contributed by atoms with Gasteiger partial charge in [0.05, 0.1) is 24.4 Å². The van der Waals surface area contributed by atoms with Gasteiger partial charge in [-0.3, -0.25) is 9.89 Å². The molecular formula is C22H18FN5O2. The van der Waals surface area contributed by atoms with Crippen LogP contribution in [-0.4, -0.2) is 28.2 Å². The quantitative estimate of drug-likeness (QED) is 0.484. The lowest BCUT2D eigenvalue weighted by atomic mass is 9.96. The van der Waals surface area contributed by atoms with Crippen LogP contribution < -0.4 is 15.4 Å². The van der Waals surface area contributed by atoms with Gasteiger partial charge in [-0.1, -0.05) is 0 Å². The van der Waals surface area contributed by atoms with E-state index in [1.165, 1.54) is 23.9 Å². The summed E-state index contributed by atoms with van der Waals surface area (Å²) in [7, 11) is 1.57. The van der Waals surface area contributed by atoms with Gasteiger partial charge < -0.3 is 15.4 Å². The number of halogens is 1. The van der Waals surface area contributed by atoms with E-state index in [4.69, 9.17) is 4.74 Å². The number of fused-ring (bicyclic) bond motifs is 2. The number of H-pyrrole nitrogens is 1. The van der Waals surface area contributed by atoms with Crippen LogP contribution in [0.2, 0.25) is 0 Å². The number of carbonyl (C=O) groups is 1. The van der Waals surface area contributed by atoms with Crippen molar-refractivity contribution in [1.82, 2.24) is 20.5 Å². The molecule has 3 N–H and O–H groups in total. The van der Waals surface area contributed by atoms with Crippen molar-refractivity contribution in [1.29, 1.82) is 0 Å². The number of hydrogen-bond donors (Lipinski definition) is 3. The van der Waals surface area contributed by atoms with Gasteiger partial charge in [0.25, 0.3) is 5.91 Å². The summed E-state index contributed by atoms with van der Waals surface area (Å²) >= 11 is 0. The molecule has 7 nitrogen and oxygen atoms in total. The fraction of sp³-hybridized carbons (Fsp3) is 0.136. The van der Waals surface area contributed by atoms with Gasteiger partial charge >= 0.3 is 0 Å². The van der Waals surface area contributed by atoms with E-state index in [-0.39, 0.29) is 5.56 Å². The van der Waals surface area contributed by atoms with Crippen molar-refractivity contribution in [2.24, 2.45) is 0 Å². The molecule has 0 radical (unpaired) electrons. The van der Waals surface area contributed by atoms with Gasteiger partial charge in [-0.05, 0) is 52.6 Å². The standard InChI is InChI=1S/C22H18FN5O2/c1-30-21-5-12(2-3-25-21)16-8-15(4-13-9-24-10-18(13)16)27-22(29)17-6-14(23)7-20-19(17)11-26-28-20/h2-8,11,24H,9-10H2,1H3,(H,26,28)(H,27,29). The number of aromatic amines is 1. The molecule has 0 saturated heterocycles. The van der Waals surface area contributed by atoms with E-state index < -0.39 is 11.7 Å². The maximum atomic E-state index is 14.0. The molecule has 0 aliphatic carbocycles. The second-order valence-electron chi connectivity index (χ2n) is 7.09. The van der Waals surface area contributed by atoms with Crippen molar-refractivity contribution in [3.8, 4) is 17.0 Å². The van der Waals surface area contributed by atoms with E-state index in [2.05, 4.69) is 25.8 Å². The third-order valence-corrected chi connectivity index (χ3v) is 5.24. The normalized spacial score (nSPS) is 12.7. The molecule has 0 spiro atoms. The zero-order chi connectivity index (χ0) is 20.7. The summed E-state index contributed by atoms with van der Waals surface area (Å²) in [6.45, 7) is 1.45. The van der Waals surface area contributed by atoms with Crippen LogP contribution in [0.25, 0.3) is 22.0 Å². The zero-order valence-corrected chi connectivity index (χ0v) is 16.1. The van der Waals surface area contributed by atoms with Crippen LogP contribution >= 0.6 is 0 Å². The van der Waals surface area contributed by atoms with Crippen LogP contribution in [0.3, 0.4) is 0 Å². The third kappa shape index (κ3) is 3.17. The summed E-state index contributed by atoms with van der Waals surface area (Å²) in [6.07, 6.45) is 3.21. The number of carbonyl (C=O) groups excluding carboxylic acids is 1. The molecule has 0 fully saturated rings. The van der Waals surface area contributed by atoms with Crippen LogP contribution in [0.15, 0.2) is 48.8 Å². The number of anilines is 1. The Hall–Kier alpha value is -3.78. The summed E-state index contributed by atoms with van der Waals surface area (Å²) in [6, 6.07) is 10.2. The minimum Gasteiger partial charge on any atom is -0.481 e. The van der Waals surface area contributed by atoms with E-state index in [0.717, 1.165) is 23.2 Å². The number of hydrogen-bond acceptors (Lipinski definition) is 5. The SMILES string of the molecule is COc1cc(-c2cc(NC(=O)c3cc(F)cc4[nH]ncc34)cc3c2CNC3)ccn1. The maximum absolute atomic E-state index is 14.0. The lowest BCUT2D eigenvalue weighted by Gasteiger charge is -2.14. The van der Waals surface area contributed by atoms with Crippen LogP contribution in [0, 0.1) is 5.82 Å². The molecule has 2 aromatic carbocycles. The van der Waals surface area contributed by atoms with Crippen molar-refractivity contribution >= 4 is 22.5 Å². The van der Waals surface area contributed by atoms with Gasteiger partial charge in [0, 0.05) is 36.4 Å². The number of methoxy groups -OCH3 is 1. The lowest BCUT2D eigenvalue weighted by molar-refractivity contribution is 0.102. The average Bonchev–Trinajstić information content (AvgIpc) is 3.41. The summed E-state index contributed by atoms with van der Waals surface area (Å²) in [5, 5.41) is 13.4. The third-order valence-electron chi connectivity index (χ3n) is 5.24. The summed E-state index contributed by atoms with van der Waals surface area (Å²) in [5.74, 6) is -0.381. The zero-order valence-electron chi connectivity index (χ0n) is 16.1. The first-order valence-corrected chi connectivity index (χ1v) is 9.43. The number of benzene rings is 2. The summed E-state index contributed by atoms with van der Waals surface area (Å²) in [4.78, 5) is 17.1. The molecule has 8 heteroatoms. The van der Waals surface area contributed by atoms with E-state index >= 15 is 0 Å². The Balaban J connectivity index is 1.55. The van der Waals surface area contributed by atoms with Gasteiger partial charge in [-0.25, -0.2) is 9.37 Å². The van der Waals surface area contributed by atoms with Crippen LogP contribution in [-0.2, 0) is 13.1 Å². The Kier molecular flexibility index (Phi) is 4.40. The van der Waals surface area contributed by atoms with Crippen LogP contribution in [0.4, 0.5) is 10.1 Å². The molecule has 0 unspecified atom stereocenters. The van der Waals surface area contributed by atoms with Crippen molar-refractivity contribution in [2.45, 2.75) is 13.1 Å². The number of nitrogens with zero attached hydrogens (tertiary/aromatic N) is 2. The predicted molar refractivity (Wildman–Crippen MR) is 111 cm³/mol. The first kappa shape index (κ1) is 18.3. The van der Waals surface area contributed by atoms with Gasteiger partial charge in [0.2, 0.25) is 5.88 Å². The van der Waals surface area contributed by atoms with E-state index in [0.29, 0.717) is 29.0 Å². The second-order valence-corrected chi connectivity index (χ2v) is 7.09. The molecule has 0 saturated carbocycles. The number of amides is 1. The first-order chi connectivity index (χ1) is 14.6. The number of ether oxygens (including phenoxy) is 1. The molecule has 2 aromatic heterocycles. The highest BCUT2D eigenvalue weighted by Gasteiger charge is 2.20. The van der Waals surface area contributed by atoms with Crippen molar-refractivity contribution < 1.29 is 13.9 Å². The van der Waals surface area contributed by atoms with Crippen LogP contribution in [0.1, 0.15) is 21.5 Å². The van der Waals surface area contributed by atoms with E-state index in [1.54, 1.807) is 13.3 Å². The Morgan fingerprint density at radius 1 is 1.20 bits per heavy atom. The van der Waals surface area contributed by atoms with Gasteiger partial charge in [-0.15, -0.1) is 0 Å². The Morgan fingerprint density at radius 3 is 2.97 bits per heavy atom. The molecule has 150 valence electrons. The maximum Gasteiger partial charge on any atom is 0.256 e. The highest BCUT2D eigenvalue weighted by atomic mass is 19.1. The number of pyridine rings is 1. The summed E-state index contributed by atoms with van der Waals surface area (Å²) in [5.41, 5.74) is 5.54. The van der Waals surface area contributed by atoms with Crippen molar-refractivity contribution in [3.63, 3.8) is 0 Å². The smallest absolute Gasteiger partial charge is 0.256 e. The minimum absolute atomic E-state index is 0.226. The van der Waals surface area contributed by atoms with Crippen molar-refractivity contribution in [2.75, 3.05) is 12.4 Å². The highest BCUT2D eigenvalue weighted by molar-refractivity contribution is 6.12. The molecule has 30 heavy (non-hydrogen) atoms. The number of nitrogens with one attached hydrogen (secondary N) is 3. The monoisotopic (exact) mass is 403 g/mol. The molecular weight excluding hydrogens is 385 g/mol. The fourth-order valence-corrected chi connectivity index (χ4v) is 3.84. The Morgan fingerprint density at radius 2 is 2.10 bits per heavy atom. The minimum atomic E-state index is -0.500. The van der Waals surface area contributed by atoms with Crippen molar-refractivity contribution in [3.05, 3.63) is 71.3 Å². The molecule has 3 heterocycles. The van der Waals surface area contributed by atoms with E-state index in [9.17, 15) is 9.18 Å². The Labute approximate surface area is 171 Å². The molecule has 1 amide bonds. The number of aromatic nitrogens is 3. The van der Waals surface area contributed by atoms with E-state index in [1.807, 2.05) is 24.3 Å². The topological polar surface area (TPSA) is 91.9 Å². The van der Waals surface area contributed by atoms with Gasteiger partial charge in [-0.2, -0.15) is 5.10 Å². The molecule has 5 rings (SSSR count). The van der Waals surface area contributed by atoms with Crippen LogP contribution in [0.5, 0.6) is 5.88 Å². The lowest BCUT2D eigenvalue weighted by Crippen LogP contribution is -2.13. The molecule has 0 atom stereocenters. The molecule has 1 aliphatic heterocycles. The highest BCUT2D eigenvalue weighted by Crippen LogP contribution is 2.34. The molecule has 0 bridgehead atoms. The molecule has 4 aromatic rings. The second kappa shape index (κ2) is 7.23. The predicted octanol–water partition coefficient (Wildman–Crippen LogP) is 3.63. The van der Waals surface area contributed by atoms with Gasteiger partial charge in [0.1, 0.15) is 5.82 Å². The fourth-order valence-electron chi connectivity index (χ4n) is 3.84. The first-order valence-electron chi connectivity index (χ1n) is 9.43. The Bertz CT molecular complexity index is 1280.